The van der Waals surface area contributed by atoms with E-state index in [9.17, 15) is 0 Å². The van der Waals surface area contributed by atoms with E-state index in [1.807, 2.05) is 25.1 Å². The van der Waals surface area contributed by atoms with Gasteiger partial charge >= 0.3 is 0 Å². The van der Waals surface area contributed by atoms with Gasteiger partial charge in [-0.15, -0.1) is 0 Å². The molecule has 0 bridgehead atoms. The van der Waals surface area contributed by atoms with E-state index in [4.69, 9.17) is 23.2 Å². The number of aromatic nitrogens is 1. The molecule has 0 saturated carbocycles. The van der Waals surface area contributed by atoms with Crippen molar-refractivity contribution in [3.8, 4) is 0 Å². The second kappa shape index (κ2) is 5.16. The Morgan fingerprint density at radius 2 is 1.95 bits per heavy atom. The molecule has 1 aromatic carbocycles. The number of hydrogen-bond acceptors (Lipinski definition) is 3. The van der Waals surface area contributed by atoms with E-state index in [0.717, 1.165) is 53.5 Å². The first-order valence-electron chi connectivity index (χ1n) is 6.38. The van der Waals surface area contributed by atoms with E-state index in [2.05, 4.69) is 15.2 Å². The quantitative estimate of drug-likeness (QED) is 0.875. The molecule has 1 aromatic heterocycles. The molecule has 1 N–H and O–H groups in total. The molecule has 1 fully saturated rings. The SMILES string of the molecule is Cc1nc2cc(Cl)ccc2c(N2CCNCC2)c1Cl. The summed E-state index contributed by atoms with van der Waals surface area (Å²) in [5, 5.41) is 5.87. The summed E-state index contributed by atoms with van der Waals surface area (Å²) in [5.74, 6) is 0. The van der Waals surface area contributed by atoms with Gasteiger partial charge in [-0.2, -0.15) is 0 Å². The second-order valence-electron chi connectivity index (χ2n) is 4.76. The van der Waals surface area contributed by atoms with E-state index in [0.29, 0.717) is 5.02 Å². The molecule has 2 aromatic rings. The number of fused-ring (bicyclic) bond motifs is 1. The zero-order valence-electron chi connectivity index (χ0n) is 10.7. The second-order valence-corrected chi connectivity index (χ2v) is 5.57. The summed E-state index contributed by atoms with van der Waals surface area (Å²) < 4.78 is 0. The van der Waals surface area contributed by atoms with Gasteiger partial charge in [-0.3, -0.25) is 4.98 Å². The zero-order valence-corrected chi connectivity index (χ0v) is 12.2. The van der Waals surface area contributed by atoms with Crippen molar-refractivity contribution in [1.82, 2.24) is 10.3 Å². The van der Waals surface area contributed by atoms with Gasteiger partial charge in [0.1, 0.15) is 0 Å². The van der Waals surface area contributed by atoms with Crippen LogP contribution in [0.5, 0.6) is 0 Å². The molecule has 19 heavy (non-hydrogen) atoms. The van der Waals surface area contributed by atoms with Gasteiger partial charge in [0.05, 0.1) is 21.9 Å². The van der Waals surface area contributed by atoms with Gasteiger partial charge in [0, 0.05) is 36.6 Å². The van der Waals surface area contributed by atoms with Crippen LogP contribution in [0.4, 0.5) is 5.69 Å². The minimum atomic E-state index is 0.702. The molecule has 3 nitrogen and oxygen atoms in total. The van der Waals surface area contributed by atoms with Gasteiger partial charge in [-0.25, -0.2) is 0 Å². The third-order valence-corrected chi connectivity index (χ3v) is 4.15. The lowest BCUT2D eigenvalue weighted by Gasteiger charge is -2.31. The van der Waals surface area contributed by atoms with Crippen LogP contribution in [0.2, 0.25) is 10.0 Å². The number of piperazine rings is 1. The van der Waals surface area contributed by atoms with Crippen molar-refractivity contribution in [3.63, 3.8) is 0 Å². The lowest BCUT2D eigenvalue weighted by atomic mass is 10.1. The molecule has 0 amide bonds. The molecule has 0 radical (unpaired) electrons. The standard InChI is InChI=1S/C14H15Cl2N3/c1-9-13(16)14(19-6-4-17-5-7-19)11-3-2-10(15)8-12(11)18-9/h2-3,8,17H,4-7H2,1H3. The van der Waals surface area contributed by atoms with Gasteiger partial charge in [-0.05, 0) is 25.1 Å². The number of nitrogens with zero attached hydrogens (tertiary/aromatic N) is 2. The summed E-state index contributed by atoms with van der Waals surface area (Å²) in [6.07, 6.45) is 0. The van der Waals surface area contributed by atoms with Crippen LogP contribution in [0.15, 0.2) is 18.2 Å². The monoisotopic (exact) mass is 295 g/mol. The maximum absolute atomic E-state index is 6.49. The van der Waals surface area contributed by atoms with Crippen LogP contribution in [-0.4, -0.2) is 31.2 Å². The molecule has 3 rings (SSSR count). The largest absolute Gasteiger partial charge is 0.367 e. The number of rotatable bonds is 1. The van der Waals surface area contributed by atoms with Crippen molar-refractivity contribution in [2.75, 3.05) is 31.1 Å². The van der Waals surface area contributed by atoms with Crippen LogP contribution < -0.4 is 10.2 Å². The van der Waals surface area contributed by atoms with Gasteiger partial charge < -0.3 is 10.2 Å². The number of nitrogens with one attached hydrogen (secondary N) is 1. The summed E-state index contributed by atoms with van der Waals surface area (Å²) in [6, 6.07) is 5.79. The van der Waals surface area contributed by atoms with Crippen molar-refractivity contribution in [2.45, 2.75) is 6.92 Å². The molecule has 100 valence electrons. The highest BCUT2D eigenvalue weighted by atomic mass is 35.5. The van der Waals surface area contributed by atoms with Gasteiger partial charge in [0.25, 0.3) is 0 Å². The molecular weight excluding hydrogens is 281 g/mol. The highest BCUT2D eigenvalue weighted by molar-refractivity contribution is 6.36. The Hall–Kier alpha value is -1.03. The summed E-state index contributed by atoms with van der Waals surface area (Å²) >= 11 is 12.5. The third-order valence-electron chi connectivity index (χ3n) is 3.46. The molecule has 5 heteroatoms. The number of pyridine rings is 1. The van der Waals surface area contributed by atoms with Crippen LogP contribution in [0.1, 0.15) is 5.69 Å². The summed E-state index contributed by atoms with van der Waals surface area (Å²) in [5.41, 5.74) is 2.84. The number of benzene rings is 1. The molecule has 1 aliphatic rings. The Morgan fingerprint density at radius 3 is 2.68 bits per heavy atom. The number of aryl methyl sites for hydroxylation is 1. The molecular formula is C14H15Cl2N3. The fraction of sp³-hybridized carbons (Fsp3) is 0.357. The van der Waals surface area contributed by atoms with Crippen LogP contribution in [0.3, 0.4) is 0 Å². The summed E-state index contributed by atoms with van der Waals surface area (Å²) in [7, 11) is 0. The van der Waals surface area contributed by atoms with E-state index < -0.39 is 0 Å². The average Bonchev–Trinajstić information content (AvgIpc) is 2.41. The zero-order chi connectivity index (χ0) is 13.4. The lowest BCUT2D eigenvalue weighted by Crippen LogP contribution is -2.43. The average molecular weight is 296 g/mol. The first-order valence-corrected chi connectivity index (χ1v) is 7.13. The molecule has 2 heterocycles. The number of anilines is 1. The van der Waals surface area contributed by atoms with Crippen molar-refractivity contribution in [1.29, 1.82) is 0 Å². The first-order chi connectivity index (χ1) is 9.16. The lowest BCUT2D eigenvalue weighted by molar-refractivity contribution is 0.590. The highest BCUT2D eigenvalue weighted by Gasteiger charge is 2.19. The van der Waals surface area contributed by atoms with Crippen molar-refractivity contribution in [2.24, 2.45) is 0 Å². The third kappa shape index (κ3) is 2.38. The van der Waals surface area contributed by atoms with Crippen LogP contribution in [0.25, 0.3) is 10.9 Å². The minimum Gasteiger partial charge on any atom is -0.367 e. The Bertz CT molecular complexity index is 622. The molecule has 0 spiro atoms. The highest BCUT2D eigenvalue weighted by Crippen LogP contribution is 2.36. The number of hydrogen-bond donors (Lipinski definition) is 1. The smallest absolute Gasteiger partial charge is 0.0858 e. The van der Waals surface area contributed by atoms with E-state index >= 15 is 0 Å². The van der Waals surface area contributed by atoms with Crippen LogP contribution in [-0.2, 0) is 0 Å². The Balaban J connectivity index is 2.22. The Labute approximate surface area is 122 Å². The normalized spacial score (nSPS) is 16.1. The topological polar surface area (TPSA) is 28.2 Å². The van der Waals surface area contributed by atoms with E-state index in [1.165, 1.54) is 0 Å². The maximum Gasteiger partial charge on any atom is 0.0858 e. The molecule has 1 saturated heterocycles. The molecule has 0 unspecified atom stereocenters. The fourth-order valence-electron chi connectivity index (χ4n) is 2.51. The van der Waals surface area contributed by atoms with E-state index in [-0.39, 0.29) is 0 Å². The number of halogens is 2. The predicted molar refractivity (Wildman–Crippen MR) is 81.6 cm³/mol. The van der Waals surface area contributed by atoms with Crippen LogP contribution in [0, 0.1) is 6.92 Å². The first kappa shape index (κ1) is 13.0. The molecule has 0 atom stereocenters. The molecule has 1 aliphatic heterocycles. The fourth-order valence-corrected chi connectivity index (χ4v) is 2.94. The predicted octanol–water partition coefficient (Wildman–Crippen LogP) is 3.26. The Morgan fingerprint density at radius 1 is 1.21 bits per heavy atom. The summed E-state index contributed by atoms with van der Waals surface area (Å²) in [4.78, 5) is 6.86. The minimum absolute atomic E-state index is 0.702. The van der Waals surface area contributed by atoms with Gasteiger partial charge in [0.2, 0.25) is 0 Å². The van der Waals surface area contributed by atoms with Gasteiger partial charge in [0.15, 0.2) is 0 Å². The van der Waals surface area contributed by atoms with E-state index in [1.54, 1.807) is 0 Å². The van der Waals surface area contributed by atoms with Gasteiger partial charge in [-0.1, -0.05) is 23.2 Å². The maximum atomic E-state index is 6.49. The van der Waals surface area contributed by atoms with Crippen LogP contribution >= 0.6 is 23.2 Å². The van der Waals surface area contributed by atoms with Crippen molar-refractivity contribution in [3.05, 3.63) is 33.9 Å². The van der Waals surface area contributed by atoms with Crippen molar-refractivity contribution < 1.29 is 0 Å². The van der Waals surface area contributed by atoms with Crippen molar-refractivity contribution >= 4 is 39.8 Å². The summed E-state index contributed by atoms with van der Waals surface area (Å²) in [6.45, 7) is 5.82. The Kier molecular flexibility index (Phi) is 3.52. The molecule has 0 aliphatic carbocycles.